The maximum atomic E-state index is 11.6. The Labute approximate surface area is 159 Å². The van der Waals surface area contributed by atoms with Crippen LogP contribution in [0.3, 0.4) is 0 Å². The number of fused-ring (bicyclic) bond motifs is 1. The summed E-state index contributed by atoms with van der Waals surface area (Å²) in [4.78, 5) is 21.7. The number of aromatic nitrogens is 2. The number of benzene rings is 1. The smallest absolute Gasteiger partial charge is 0.198 e. The second kappa shape index (κ2) is 7.15. The Kier molecular flexibility index (Phi) is 4.72. The van der Waals surface area contributed by atoms with Crippen molar-refractivity contribution >= 4 is 33.8 Å². The van der Waals surface area contributed by atoms with Crippen molar-refractivity contribution in [2.24, 2.45) is 0 Å². The predicted octanol–water partition coefficient (Wildman–Crippen LogP) is 3.98. The lowest BCUT2D eigenvalue weighted by Gasteiger charge is -2.05. The van der Waals surface area contributed by atoms with Crippen LogP contribution in [0.1, 0.15) is 21.7 Å². The molecule has 4 nitrogen and oxygen atoms in total. The minimum absolute atomic E-state index is 0.117. The molecule has 0 spiro atoms. The van der Waals surface area contributed by atoms with E-state index < -0.39 is 0 Å². The number of aliphatic hydroxyl groups is 1. The van der Waals surface area contributed by atoms with Gasteiger partial charge in [-0.25, -0.2) is 4.98 Å². The Morgan fingerprint density at radius 3 is 2.88 bits per heavy atom. The van der Waals surface area contributed by atoms with Crippen LogP contribution in [-0.2, 0) is 17.6 Å². The van der Waals surface area contributed by atoms with E-state index in [-0.39, 0.29) is 11.7 Å². The summed E-state index contributed by atoms with van der Waals surface area (Å²) in [6, 6.07) is 9.91. The molecule has 0 radical (unpaired) electrons. The molecule has 1 aliphatic heterocycles. The summed E-state index contributed by atoms with van der Waals surface area (Å²) in [5, 5.41) is 12.0. The van der Waals surface area contributed by atoms with Crippen LogP contribution < -0.4 is 0 Å². The van der Waals surface area contributed by atoms with Crippen molar-refractivity contribution in [3.05, 3.63) is 70.2 Å². The van der Waals surface area contributed by atoms with Gasteiger partial charge in [0.05, 0.1) is 5.69 Å². The summed E-state index contributed by atoms with van der Waals surface area (Å²) in [5.74, 6) is 0. The zero-order valence-corrected chi connectivity index (χ0v) is 15.6. The molecule has 0 saturated heterocycles. The Balaban J connectivity index is 1.57. The van der Waals surface area contributed by atoms with Crippen LogP contribution in [0.25, 0.3) is 17.0 Å². The third-order valence-electron chi connectivity index (χ3n) is 4.22. The van der Waals surface area contributed by atoms with Crippen LogP contribution in [0.2, 0.25) is 0 Å². The van der Waals surface area contributed by atoms with Gasteiger partial charge in [0.2, 0.25) is 0 Å². The van der Waals surface area contributed by atoms with Gasteiger partial charge in [0.15, 0.2) is 5.12 Å². The molecule has 0 unspecified atom stereocenters. The van der Waals surface area contributed by atoms with Crippen LogP contribution in [0.4, 0.5) is 0 Å². The predicted molar refractivity (Wildman–Crippen MR) is 105 cm³/mol. The molecule has 6 heteroatoms. The summed E-state index contributed by atoms with van der Waals surface area (Å²) in [5.41, 5.74) is 5.54. The third-order valence-corrected chi connectivity index (χ3v) is 6.10. The molecule has 1 aliphatic rings. The highest BCUT2D eigenvalue weighted by atomic mass is 32.2. The number of thioether (sulfide) groups is 1. The van der Waals surface area contributed by atoms with Gasteiger partial charge >= 0.3 is 0 Å². The molecule has 0 saturated carbocycles. The van der Waals surface area contributed by atoms with Gasteiger partial charge in [-0.3, -0.25) is 9.78 Å². The molecule has 2 aromatic heterocycles. The van der Waals surface area contributed by atoms with E-state index in [0.717, 1.165) is 43.6 Å². The van der Waals surface area contributed by atoms with Gasteiger partial charge in [0.25, 0.3) is 0 Å². The molecule has 4 rings (SSSR count). The molecule has 3 heterocycles. The maximum absolute atomic E-state index is 11.6. The zero-order valence-electron chi connectivity index (χ0n) is 13.9. The van der Waals surface area contributed by atoms with Crippen molar-refractivity contribution in [3.8, 4) is 11.4 Å². The van der Waals surface area contributed by atoms with E-state index in [2.05, 4.69) is 16.5 Å². The van der Waals surface area contributed by atoms with E-state index in [1.165, 1.54) is 23.1 Å². The van der Waals surface area contributed by atoms with E-state index in [9.17, 15) is 4.79 Å². The Bertz CT molecular complexity index is 993. The molecule has 130 valence electrons. The molecule has 0 fully saturated rings. The maximum Gasteiger partial charge on any atom is 0.198 e. The molecule has 1 N–H and O–H groups in total. The second-order valence-corrected chi connectivity index (χ2v) is 7.97. The number of hydrogen-bond donors (Lipinski definition) is 1. The first-order valence-electron chi connectivity index (χ1n) is 8.19. The summed E-state index contributed by atoms with van der Waals surface area (Å²) in [7, 11) is 0. The van der Waals surface area contributed by atoms with Gasteiger partial charge in [-0.05, 0) is 35.2 Å². The molecular formula is C20H16N2O2S2. The molecule has 0 aliphatic carbocycles. The van der Waals surface area contributed by atoms with E-state index >= 15 is 0 Å². The Hall–Kier alpha value is -2.28. The number of nitrogens with zero attached hydrogens (tertiary/aromatic N) is 2. The number of thiazole rings is 1. The first kappa shape index (κ1) is 17.1. The molecule has 3 aromatic rings. The highest BCUT2D eigenvalue weighted by Crippen LogP contribution is 2.36. The normalized spacial score (nSPS) is 13.0. The molecule has 1 aromatic carbocycles. The lowest BCUT2D eigenvalue weighted by atomic mass is 10.0. The minimum atomic E-state index is 0.117. The summed E-state index contributed by atoms with van der Waals surface area (Å²) < 4.78 is 0. The van der Waals surface area contributed by atoms with Gasteiger partial charge in [0.1, 0.15) is 10.7 Å². The molecule has 26 heavy (non-hydrogen) atoms. The van der Waals surface area contributed by atoms with Crippen LogP contribution in [-0.4, -0.2) is 26.8 Å². The van der Waals surface area contributed by atoms with Gasteiger partial charge < -0.3 is 5.11 Å². The minimum Gasteiger partial charge on any atom is -0.396 e. The number of pyridine rings is 1. The lowest BCUT2D eigenvalue weighted by Crippen LogP contribution is -1.93. The average Bonchev–Trinajstić information content (AvgIpc) is 3.27. The first-order valence-corrected chi connectivity index (χ1v) is 9.88. The summed E-state index contributed by atoms with van der Waals surface area (Å²) in [6.45, 7) is 4.31. The van der Waals surface area contributed by atoms with Crippen LogP contribution in [0, 0.1) is 0 Å². The fourth-order valence-corrected chi connectivity index (χ4v) is 4.54. The van der Waals surface area contributed by atoms with Crippen molar-refractivity contribution in [1.82, 2.24) is 9.97 Å². The number of aliphatic hydroxyl groups excluding tert-OH is 1. The molecule has 0 amide bonds. The van der Waals surface area contributed by atoms with Gasteiger partial charge in [0, 0.05) is 35.1 Å². The van der Waals surface area contributed by atoms with Gasteiger partial charge in [-0.2, -0.15) is 0 Å². The fraction of sp³-hybridized carbons (Fsp3) is 0.150. The van der Waals surface area contributed by atoms with E-state index in [1.807, 2.05) is 35.7 Å². The average molecular weight is 380 g/mol. The van der Waals surface area contributed by atoms with Gasteiger partial charge in [-0.15, -0.1) is 11.3 Å². The number of carbonyl (C=O) groups excluding carboxylic acids is 1. The van der Waals surface area contributed by atoms with E-state index in [1.54, 1.807) is 6.20 Å². The van der Waals surface area contributed by atoms with Crippen molar-refractivity contribution in [3.63, 3.8) is 0 Å². The standard InChI is InChI=1S/C20H16N2O2S2/c1-12(14-3-4-15-9-19(24)26-18(15)8-14)20-22-17(11-25-20)16-5-2-13(6-7-23)10-21-16/h2-5,8,10-11,23H,1,6-7,9H2. The number of rotatable bonds is 5. The van der Waals surface area contributed by atoms with E-state index in [0.29, 0.717) is 12.8 Å². The van der Waals surface area contributed by atoms with Crippen molar-refractivity contribution in [1.29, 1.82) is 0 Å². The highest BCUT2D eigenvalue weighted by molar-refractivity contribution is 8.14. The second-order valence-electron chi connectivity index (χ2n) is 6.02. The first-order chi connectivity index (χ1) is 12.6. The molecule has 0 bridgehead atoms. The molecular weight excluding hydrogens is 364 g/mol. The largest absolute Gasteiger partial charge is 0.396 e. The Morgan fingerprint density at radius 1 is 1.23 bits per heavy atom. The van der Waals surface area contributed by atoms with Crippen molar-refractivity contribution in [2.45, 2.75) is 17.7 Å². The summed E-state index contributed by atoms with van der Waals surface area (Å²) in [6.07, 6.45) is 2.88. The van der Waals surface area contributed by atoms with Crippen molar-refractivity contribution in [2.75, 3.05) is 6.61 Å². The van der Waals surface area contributed by atoms with Crippen LogP contribution in [0.15, 0.2) is 53.4 Å². The third kappa shape index (κ3) is 3.35. The fourth-order valence-electron chi connectivity index (χ4n) is 2.80. The number of hydrogen-bond acceptors (Lipinski definition) is 6. The topological polar surface area (TPSA) is 63.1 Å². The lowest BCUT2D eigenvalue weighted by molar-refractivity contribution is -0.110. The zero-order chi connectivity index (χ0) is 18.1. The van der Waals surface area contributed by atoms with Crippen LogP contribution in [0.5, 0.6) is 0 Å². The Morgan fingerprint density at radius 2 is 2.12 bits per heavy atom. The quantitative estimate of drug-likeness (QED) is 0.725. The summed E-state index contributed by atoms with van der Waals surface area (Å²) >= 11 is 2.83. The monoisotopic (exact) mass is 380 g/mol. The van der Waals surface area contributed by atoms with E-state index in [4.69, 9.17) is 5.11 Å². The molecule has 0 atom stereocenters. The van der Waals surface area contributed by atoms with Gasteiger partial charge in [-0.1, -0.05) is 36.5 Å². The number of carbonyl (C=O) groups is 1. The highest BCUT2D eigenvalue weighted by Gasteiger charge is 2.20. The van der Waals surface area contributed by atoms with Crippen LogP contribution >= 0.6 is 23.1 Å². The SMILES string of the molecule is C=C(c1ccc2c(c1)SC(=O)C2)c1nc(-c2ccc(CCO)cn2)cs1. The van der Waals surface area contributed by atoms with Crippen molar-refractivity contribution < 1.29 is 9.90 Å².